The minimum absolute atomic E-state index is 0.108. The maximum Gasteiger partial charge on any atom is 0.410 e. The van der Waals surface area contributed by atoms with Crippen LogP contribution >= 0.6 is 0 Å². The molecule has 1 aliphatic carbocycles. The van der Waals surface area contributed by atoms with E-state index < -0.39 is 0 Å². The second-order valence-electron chi connectivity index (χ2n) is 3.75. The molecule has 0 heterocycles. The normalized spacial score (nSPS) is 25.4. The molecule has 0 radical (unpaired) electrons. The van der Waals surface area contributed by atoms with Crippen LogP contribution in [-0.4, -0.2) is 36.7 Å². The molecule has 82 valence electrons. The van der Waals surface area contributed by atoms with Gasteiger partial charge in [-0.25, -0.2) is 4.79 Å². The fourth-order valence-electron chi connectivity index (χ4n) is 1.66. The van der Waals surface area contributed by atoms with Gasteiger partial charge in [-0.2, -0.15) is 0 Å². The molecule has 0 atom stereocenters. The van der Waals surface area contributed by atoms with E-state index in [4.69, 9.17) is 10.5 Å². The predicted octanol–water partition coefficient (Wildman–Crippen LogP) is 1.20. The van der Waals surface area contributed by atoms with Crippen molar-refractivity contribution in [3.63, 3.8) is 0 Å². The van der Waals surface area contributed by atoms with Gasteiger partial charge in [0.15, 0.2) is 0 Å². The van der Waals surface area contributed by atoms with Crippen molar-refractivity contribution in [2.24, 2.45) is 11.7 Å². The second kappa shape index (κ2) is 5.20. The number of carbonyl (C=O) groups excluding carboxylic acids is 1. The molecule has 1 amide bonds. The standard InChI is InChI=1S/C10H20N2O2/c1-3-12(4-2)10(13)14-9-5-8(6-9)7-11/h8-9H,3-7,11H2,1-2H3. The van der Waals surface area contributed by atoms with Crippen molar-refractivity contribution in [3.05, 3.63) is 0 Å². The smallest absolute Gasteiger partial charge is 0.410 e. The summed E-state index contributed by atoms with van der Waals surface area (Å²) in [6.07, 6.45) is 1.79. The summed E-state index contributed by atoms with van der Waals surface area (Å²) in [4.78, 5) is 13.2. The summed E-state index contributed by atoms with van der Waals surface area (Å²) in [7, 11) is 0. The zero-order valence-corrected chi connectivity index (χ0v) is 9.03. The Kier molecular flexibility index (Phi) is 4.20. The SMILES string of the molecule is CCN(CC)C(=O)OC1CC(CN)C1. The van der Waals surface area contributed by atoms with Crippen LogP contribution in [-0.2, 0) is 4.74 Å². The maximum atomic E-state index is 11.5. The van der Waals surface area contributed by atoms with Crippen LogP contribution in [0.2, 0.25) is 0 Å². The van der Waals surface area contributed by atoms with Crippen LogP contribution in [0.1, 0.15) is 26.7 Å². The Hall–Kier alpha value is -0.770. The Labute approximate surface area is 85.4 Å². The fraction of sp³-hybridized carbons (Fsp3) is 0.900. The number of rotatable bonds is 4. The van der Waals surface area contributed by atoms with Gasteiger partial charge in [-0.3, -0.25) is 0 Å². The van der Waals surface area contributed by atoms with Crippen molar-refractivity contribution < 1.29 is 9.53 Å². The molecule has 1 aliphatic rings. The highest BCUT2D eigenvalue weighted by Crippen LogP contribution is 2.29. The van der Waals surface area contributed by atoms with E-state index in [-0.39, 0.29) is 12.2 Å². The Bertz CT molecular complexity index is 187. The van der Waals surface area contributed by atoms with E-state index in [0.717, 1.165) is 12.8 Å². The summed E-state index contributed by atoms with van der Waals surface area (Å²) in [6.45, 7) is 6.03. The van der Waals surface area contributed by atoms with Crippen LogP contribution < -0.4 is 5.73 Å². The van der Waals surface area contributed by atoms with Crippen LogP contribution in [0.15, 0.2) is 0 Å². The first-order valence-corrected chi connectivity index (χ1v) is 5.36. The molecule has 0 spiro atoms. The molecular formula is C10H20N2O2. The van der Waals surface area contributed by atoms with Gasteiger partial charge < -0.3 is 15.4 Å². The predicted molar refractivity (Wildman–Crippen MR) is 55.0 cm³/mol. The Morgan fingerprint density at radius 2 is 2.00 bits per heavy atom. The lowest BCUT2D eigenvalue weighted by molar-refractivity contribution is 0.00217. The number of carbonyl (C=O) groups is 1. The average molecular weight is 200 g/mol. The van der Waals surface area contributed by atoms with E-state index >= 15 is 0 Å². The van der Waals surface area contributed by atoms with Gasteiger partial charge in [-0.1, -0.05) is 0 Å². The molecule has 2 N–H and O–H groups in total. The van der Waals surface area contributed by atoms with Gasteiger partial charge in [0.1, 0.15) is 6.10 Å². The van der Waals surface area contributed by atoms with Gasteiger partial charge in [-0.05, 0) is 39.2 Å². The van der Waals surface area contributed by atoms with Crippen molar-refractivity contribution in [1.82, 2.24) is 4.90 Å². The molecular weight excluding hydrogens is 180 g/mol. The van der Waals surface area contributed by atoms with Gasteiger partial charge >= 0.3 is 6.09 Å². The molecule has 0 saturated heterocycles. The summed E-state index contributed by atoms with van der Waals surface area (Å²) >= 11 is 0. The van der Waals surface area contributed by atoms with E-state index in [0.29, 0.717) is 25.6 Å². The van der Waals surface area contributed by atoms with E-state index in [1.807, 2.05) is 13.8 Å². The third kappa shape index (κ3) is 2.61. The van der Waals surface area contributed by atoms with Gasteiger partial charge in [0, 0.05) is 13.1 Å². The molecule has 1 saturated carbocycles. The summed E-state index contributed by atoms with van der Waals surface area (Å²) < 4.78 is 5.29. The van der Waals surface area contributed by atoms with Gasteiger partial charge in [0.25, 0.3) is 0 Å². The van der Waals surface area contributed by atoms with E-state index in [1.165, 1.54) is 0 Å². The number of ether oxygens (including phenoxy) is 1. The van der Waals surface area contributed by atoms with E-state index in [9.17, 15) is 4.79 Å². The molecule has 0 aliphatic heterocycles. The maximum absolute atomic E-state index is 11.5. The van der Waals surface area contributed by atoms with Gasteiger partial charge in [0.2, 0.25) is 0 Å². The summed E-state index contributed by atoms with van der Waals surface area (Å²) in [5, 5.41) is 0. The summed E-state index contributed by atoms with van der Waals surface area (Å²) in [5.74, 6) is 0.560. The highest BCUT2D eigenvalue weighted by molar-refractivity contribution is 5.67. The van der Waals surface area contributed by atoms with E-state index in [1.54, 1.807) is 4.90 Å². The molecule has 14 heavy (non-hydrogen) atoms. The molecule has 0 aromatic carbocycles. The first-order valence-electron chi connectivity index (χ1n) is 5.36. The van der Waals surface area contributed by atoms with Crippen molar-refractivity contribution in [3.8, 4) is 0 Å². The summed E-state index contributed by atoms with van der Waals surface area (Å²) in [5.41, 5.74) is 5.49. The van der Waals surface area contributed by atoms with Crippen LogP contribution in [0.4, 0.5) is 4.79 Å². The van der Waals surface area contributed by atoms with Crippen LogP contribution in [0, 0.1) is 5.92 Å². The monoisotopic (exact) mass is 200 g/mol. The topological polar surface area (TPSA) is 55.6 Å². The van der Waals surface area contributed by atoms with Crippen LogP contribution in [0.5, 0.6) is 0 Å². The third-order valence-corrected chi connectivity index (χ3v) is 2.81. The zero-order valence-electron chi connectivity index (χ0n) is 9.03. The fourth-order valence-corrected chi connectivity index (χ4v) is 1.66. The minimum Gasteiger partial charge on any atom is -0.446 e. The molecule has 1 rings (SSSR count). The quantitative estimate of drug-likeness (QED) is 0.742. The number of hydrogen-bond donors (Lipinski definition) is 1. The van der Waals surface area contributed by atoms with Crippen molar-refractivity contribution in [1.29, 1.82) is 0 Å². The van der Waals surface area contributed by atoms with Crippen LogP contribution in [0.25, 0.3) is 0 Å². The average Bonchev–Trinajstić information content (AvgIpc) is 2.12. The highest BCUT2D eigenvalue weighted by Gasteiger charge is 2.31. The lowest BCUT2D eigenvalue weighted by Crippen LogP contribution is -2.41. The second-order valence-corrected chi connectivity index (χ2v) is 3.75. The lowest BCUT2D eigenvalue weighted by atomic mass is 9.82. The minimum atomic E-state index is -0.185. The number of nitrogens with zero attached hydrogens (tertiary/aromatic N) is 1. The first kappa shape index (κ1) is 11.3. The molecule has 1 fully saturated rings. The third-order valence-electron chi connectivity index (χ3n) is 2.81. The number of hydrogen-bond acceptors (Lipinski definition) is 3. The Morgan fingerprint density at radius 3 is 2.43 bits per heavy atom. The molecule has 4 heteroatoms. The molecule has 0 unspecified atom stereocenters. The van der Waals surface area contributed by atoms with Crippen molar-refractivity contribution >= 4 is 6.09 Å². The van der Waals surface area contributed by atoms with Crippen LogP contribution in [0.3, 0.4) is 0 Å². The molecule has 0 aromatic rings. The Morgan fingerprint density at radius 1 is 1.43 bits per heavy atom. The number of amides is 1. The van der Waals surface area contributed by atoms with Crippen molar-refractivity contribution in [2.75, 3.05) is 19.6 Å². The van der Waals surface area contributed by atoms with E-state index in [2.05, 4.69) is 0 Å². The summed E-state index contributed by atoms with van der Waals surface area (Å²) in [6, 6.07) is 0. The lowest BCUT2D eigenvalue weighted by Gasteiger charge is -2.35. The molecule has 4 nitrogen and oxygen atoms in total. The molecule has 0 aromatic heterocycles. The zero-order chi connectivity index (χ0) is 10.6. The van der Waals surface area contributed by atoms with Gasteiger partial charge in [-0.15, -0.1) is 0 Å². The Balaban J connectivity index is 2.21. The highest BCUT2D eigenvalue weighted by atomic mass is 16.6. The molecule has 0 bridgehead atoms. The number of nitrogens with two attached hydrogens (primary N) is 1. The first-order chi connectivity index (χ1) is 6.71. The largest absolute Gasteiger partial charge is 0.446 e. The van der Waals surface area contributed by atoms with Gasteiger partial charge in [0.05, 0.1) is 0 Å². The van der Waals surface area contributed by atoms with Crippen molar-refractivity contribution in [2.45, 2.75) is 32.8 Å².